The lowest BCUT2D eigenvalue weighted by atomic mass is 9.90. The van der Waals surface area contributed by atoms with Crippen LogP contribution in [0.4, 0.5) is 0 Å². The van der Waals surface area contributed by atoms with Gasteiger partial charge >= 0.3 is 5.97 Å². The summed E-state index contributed by atoms with van der Waals surface area (Å²) in [6.07, 6.45) is 5.75. The van der Waals surface area contributed by atoms with Gasteiger partial charge < -0.3 is 10.5 Å². The van der Waals surface area contributed by atoms with E-state index in [2.05, 4.69) is 4.72 Å². The van der Waals surface area contributed by atoms with Crippen molar-refractivity contribution in [2.24, 2.45) is 11.7 Å². The Labute approximate surface area is 141 Å². The molecule has 8 heteroatoms. The number of amides is 1. The van der Waals surface area contributed by atoms with Gasteiger partial charge in [-0.1, -0.05) is 19.3 Å². The van der Waals surface area contributed by atoms with E-state index in [1.54, 1.807) is 0 Å². The van der Waals surface area contributed by atoms with E-state index in [4.69, 9.17) is 10.5 Å². The molecule has 0 bridgehead atoms. The monoisotopic (exact) mass is 354 g/mol. The van der Waals surface area contributed by atoms with Crippen LogP contribution in [-0.2, 0) is 19.6 Å². The summed E-state index contributed by atoms with van der Waals surface area (Å²) in [6.45, 7) is -0.0768. The molecule has 7 nitrogen and oxygen atoms in total. The fourth-order valence-electron chi connectivity index (χ4n) is 2.65. The van der Waals surface area contributed by atoms with E-state index < -0.39 is 28.4 Å². The summed E-state index contributed by atoms with van der Waals surface area (Å²) in [5.41, 5.74) is 5.20. The fraction of sp³-hybridized carbons (Fsp3) is 0.500. The van der Waals surface area contributed by atoms with Crippen molar-refractivity contribution < 1.29 is 22.7 Å². The zero-order valence-electron chi connectivity index (χ0n) is 13.4. The third kappa shape index (κ3) is 5.31. The van der Waals surface area contributed by atoms with Gasteiger partial charge in [-0.05, 0) is 43.0 Å². The molecule has 24 heavy (non-hydrogen) atoms. The van der Waals surface area contributed by atoms with Crippen LogP contribution in [0.2, 0.25) is 0 Å². The van der Waals surface area contributed by atoms with E-state index in [1.807, 2.05) is 0 Å². The van der Waals surface area contributed by atoms with Crippen molar-refractivity contribution in [1.29, 1.82) is 0 Å². The number of hydrogen-bond donors (Lipinski definition) is 2. The van der Waals surface area contributed by atoms with Gasteiger partial charge in [-0.25, -0.2) is 17.9 Å². The van der Waals surface area contributed by atoms with E-state index in [0.29, 0.717) is 18.1 Å². The van der Waals surface area contributed by atoms with Crippen molar-refractivity contribution in [1.82, 2.24) is 4.72 Å². The van der Waals surface area contributed by atoms with E-state index >= 15 is 0 Å². The van der Waals surface area contributed by atoms with Gasteiger partial charge in [-0.2, -0.15) is 0 Å². The van der Waals surface area contributed by atoms with E-state index in [9.17, 15) is 18.0 Å². The summed E-state index contributed by atoms with van der Waals surface area (Å²) < 4.78 is 31.2. The predicted molar refractivity (Wildman–Crippen MR) is 87.7 cm³/mol. The molecule has 0 saturated heterocycles. The topological polar surface area (TPSA) is 116 Å². The highest BCUT2D eigenvalue weighted by molar-refractivity contribution is 7.89. The second-order valence-corrected chi connectivity index (χ2v) is 7.68. The number of hydrogen-bond acceptors (Lipinski definition) is 5. The zero-order chi connectivity index (χ0) is 17.6. The summed E-state index contributed by atoms with van der Waals surface area (Å²) in [4.78, 5) is 22.6. The lowest BCUT2D eigenvalue weighted by molar-refractivity contribution is -0.116. The van der Waals surface area contributed by atoms with Crippen molar-refractivity contribution >= 4 is 21.9 Å². The molecule has 0 atom stereocenters. The molecule has 0 aliphatic heterocycles. The Morgan fingerprint density at radius 1 is 1.12 bits per heavy atom. The van der Waals surface area contributed by atoms with Crippen LogP contribution in [0.25, 0.3) is 0 Å². The highest BCUT2D eigenvalue weighted by atomic mass is 32.2. The summed E-state index contributed by atoms with van der Waals surface area (Å²) in [6, 6.07) is 5.37. The second-order valence-electron chi connectivity index (χ2n) is 5.92. The lowest BCUT2D eigenvalue weighted by Gasteiger charge is -2.21. The molecule has 132 valence electrons. The molecule has 1 aliphatic carbocycles. The molecular weight excluding hydrogens is 332 g/mol. The summed E-state index contributed by atoms with van der Waals surface area (Å²) in [5.74, 6) is -0.823. The van der Waals surface area contributed by atoms with Gasteiger partial charge in [-0.15, -0.1) is 0 Å². The Morgan fingerprint density at radius 3 is 2.33 bits per heavy atom. The quantitative estimate of drug-likeness (QED) is 0.714. The van der Waals surface area contributed by atoms with Crippen LogP contribution in [0.3, 0.4) is 0 Å². The fourth-order valence-corrected chi connectivity index (χ4v) is 3.64. The van der Waals surface area contributed by atoms with Crippen LogP contribution in [0.1, 0.15) is 42.5 Å². The Hall–Kier alpha value is -1.93. The van der Waals surface area contributed by atoms with Crippen LogP contribution in [0.15, 0.2) is 29.2 Å². The molecule has 1 amide bonds. The van der Waals surface area contributed by atoms with Gasteiger partial charge in [0.25, 0.3) is 0 Å². The number of carbonyl (C=O) groups is 2. The number of nitrogens with two attached hydrogens (primary N) is 1. The minimum atomic E-state index is -3.83. The molecule has 1 aliphatic rings. The van der Waals surface area contributed by atoms with Gasteiger partial charge in [-0.3, -0.25) is 4.79 Å². The molecule has 1 aromatic rings. The van der Waals surface area contributed by atoms with Crippen molar-refractivity contribution in [3.63, 3.8) is 0 Å². The van der Waals surface area contributed by atoms with Crippen molar-refractivity contribution in [3.8, 4) is 0 Å². The number of primary amides is 1. The smallest absolute Gasteiger partial charge is 0.338 e. The summed E-state index contributed by atoms with van der Waals surface area (Å²) in [5, 5.41) is 0. The SMILES string of the molecule is NC(=O)CNS(=O)(=O)c1ccc(C(=O)OCC2CCCCC2)cc1. The first-order chi connectivity index (χ1) is 11.4. The van der Waals surface area contributed by atoms with Gasteiger partial charge in [0.1, 0.15) is 0 Å². The van der Waals surface area contributed by atoms with Gasteiger partial charge in [0, 0.05) is 0 Å². The average molecular weight is 354 g/mol. The molecule has 0 spiro atoms. The first kappa shape index (κ1) is 18.4. The number of nitrogens with one attached hydrogen (secondary N) is 1. The average Bonchev–Trinajstić information content (AvgIpc) is 2.59. The highest BCUT2D eigenvalue weighted by Gasteiger charge is 2.18. The van der Waals surface area contributed by atoms with E-state index in [0.717, 1.165) is 12.8 Å². The Bertz CT molecular complexity index is 679. The number of benzene rings is 1. The van der Waals surface area contributed by atoms with Crippen LogP contribution < -0.4 is 10.5 Å². The normalized spacial score (nSPS) is 15.8. The summed E-state index contributed by atoms with van der Waals surface area (Å²) >= 11 is 0. The molecule has 1 saturated carbocycles. The molecule has 0 unspecified atom stereocenters. The molecule has 0 aromatic heterocycles. The first-order valence-corrected chi connectivity index (χ1v) is 9.42. The largest absolute Gasteiger partial charge is 0.462 e. The first-order valence-electron chi connectivity index (χ1n) is 7.93. The number of esters is 1. The minimum Gasteiger partial charge on any atom is -0.462 e. The zero-order valence-corrected chi connectivity index (χ0v) is 14.2. The predicted octanol–water partition coefficient (Wildman–Crippen LogP) is 1.19. The molecular formula is C16H22N2O5S. The van der Waals surface area contributed by atoms with Crippen molar-refractivity contribution in [2.75, 3.05) is 13.2 Å². The maximum absolute atomic E-state index is 12.0. The standard InChI is InChI=1S/C16H22N2O5S/c17-15(19)10-18-24(21,22)14-8-6-13(7-9-14)16(20)23-11-12-4-2-1-3-5-12/h6-9,12,18H,1-5,10-11H2,(H2,17,19). The second kappa shape index (κ2) is 8.25. The molecule has 1 aromatic carbocycles. The van der Waals surface area contributed by atoms with Crippen LogP contribution in [0.5, 0.6) is 0 Å². The molecule has 1 fully saturated rings. The van der Waals surface area contributed by atoms with Crippen molar-refractivity contribution in [3.05, 3.63) is 29.8 Å². The number of carbonyl (C=O) groups excluding carboxylic acids is 2. The van der Waals surface area contributed by atoms with E-state index in [-0.39, 0.29) is 4.90 Å². The molecule has 2 rings (SSSR count). The number of ether oxygens (including phenoxy) is 1. The molecule has 0 heterocycles. The Morgan fingerprint density at radius 2 is 1.75 bits per heavy atom. The van der Waals surface area contributed by atoms with Gasteiger partial charge in [0.2, 0.25) is 15.9 Å². The minimum absolute atomic E-state index is 0.0485. The third-order valence-corrected chi connectivity index (χ3v) is 5.43. The van der Waals surface area contributed by atoms with Crippen LogP contribution in [0, 0.1) is 5.92 Å². The van der Waals surface area contributed by atoms with Gasteiger partial charge in [0.15, 0.2) is 0 Å². The highest BCUT2D eigenvalue weighted by Crippen LogP contribution is 2.24. The maximum Gasteiger partial charge on any atom is 0.338 e. The van der Waals surface area contributed by atoms with E-state index in [1.165, 1.54) is 43.5 Å². The molecule has 3 N–H and O–H groups in total. The van der Waals surface area contributed by atoms with Gasteiger partial charge in [0.05, 0.1) is 23.6 Å². The maximum atomic E-state index is 12.0. The van der Waals surface area contributed by atoms with Crippen LogP contribution >= 0.6 is 0 Å². The number of rotatable bonds is 7. The lowest BCUT2D eigenvalue weighted by Crippen LogP contribution is -2.33. The Kier molecular flexibility index (Phi) is 6.33. The van der Waals surface area contributed by atoms with Crippen LogP contribution in [-0.4, -0.2) is 33.4 Å². The number of sulfonamides is 1. The molecule has 0 radical (unpaired) electrons. The summed E-state index contributed by atoms with van der Waals surface area (Å²) in [7, 11) is -3.83. The third-order valence-electron chi connectivity index (χ3n) is 4.01. The van der Waals surface area contributed by atoms with Crippen molar-refractivity contribution in [2.45, 2.75) is 37.0 Å². The Balaban J connectivity index is 1.92.